The van der Waals surface area contributed by atoms with Crippen LogP contribution >= 0.6 is 15.9 Å². The first-order valence-electron chi connectivity index (χ1n) is 5.12. The normalized spacial score (nSPS) is 11.9. The molecule has 0 saturated carbocycles. The molecular formula is C11H14BrNO3S. The maximum atomic E-state index is 12.3. The third-order valence-corrected chi connectivity index (χ3v) is 5.16. The molecule has 0 fully saturated rings. The highest BCUT2D eigenvalue weighted by molar-refractivity contribution is 9.10. The van der Waals surface area contributed by atoms with Gasteiger partial charge in [-0.25, -0.2) is 8.42 Å². The number of aliphatic hydroxyl groups is 1. The zero-order valence-corrected chi connectivity index (χ0v) is 12.0. The van der Waals surface area contributed by atoms with Crippen molar-refractivity contribution >= 4 is 26.0 Å². The zero-order valence-electron chi connectivity index (χ0n) is 9.64. The van der Waals surface area contributed by atoms with Crippen molar-refractivity contribution in [3.63, 3.8) is 0 Å². The minimum atomic E-state index is -3.65. The molecule has 0 aliphatic rings. The summed E-state index contributed by atoms with van der Waals surface area (Å²) in [6.07, 6.45) is 0. The van der Waals surface area contributed by atoms with Crippen molar-refractivity contribution in [2.24, 2.45) is 0 Å². The molecule has 17 heavy (non-hydrogen) atoms. The molecule has 6 heteroatoms. The minimum Gasteiger partial charge on any atom is -0.395 e. The molecule has 1 aromatic rings. The maximum Gasteiger partial charge on any atom is 0.252 e. The van der Waals surface area contributed by atoms with Gasteiger partial charge in [0.25, 0.3) is 10.0 Å². The van der Waals surface area contributed by atoms with Gasteiger partial charge in [-0.1, -0.05) is 6.07 Å². The van der Waals surface area contributed by atoms with E-state index in [4.69, 9.17) is 5.11 Å². The molecule has 1 N–H and O–H groups in total. The van der Waals surface area contributed by atoms with Gasteiger partial charge in [0, 0.05) is 17.1 Å². The lowest BCUT2D eigenvalue weighted by molar-refractivity contribution is 0.236. The first-order valence-corrected chi connectivity index (χ1v) is 7.35. The molecular weight excluding hydrogens is 306 g/mol. The lowest BCUT2D eigenvalue weighted by Gasteiger charge is -2.24. The summed E-state index contributed by atoms with van der Waals surface area (Å²) in [5, 5.41) is 8.93. The molecule has 0 bridgehead atoms. The monoisotopic (exact) mass is 319 g/mol. The molecule has 0 aliphatic heterocycles. The molecule has 0 amide bonds. The van der Waals surface area contributed by atoms with E-state index in [1.807, 2.05) is 0 Å². The average Bonchev–Trinajstić information content (AvgIpc) is 2.25. The van der Waals surface area contributed by atoms with Gasteiger partial charge < -0.3 is 5.11 Å². The number of nitrogens with zero attached hydrogens (tertiary/aromatic N) is 1. The summed E-state index contributed by atoms with van der Waals surface area (Å²) in [6, 6.07) is 8.16. The molecule has 1 aromatic carbocycles. The predicted molar refractivity (Wildman–Crippen MR) is 67.9 cm³/mol. The van der Waals surface area contributed by atoms with Crippen molar-refractivity contribution in [2.75, 3.05) is 13.2 Å². The highest BCUT2D eigenvalue weighted by Gasteiger charge is 2.28. The molecule has 0 atom stereocenters. The molecule has 4 nitrogen and oxygen atoms in total. The molecule has 0 saturated heterocycles. The third kappa shape index (κ3) is 3.19. The number of halogens is 1. The van der Waals surface area contributed by atoms with Gasteiger partial charge in [-0.15, -0.1) is 0 Å². The van der Waals surface area contributed by atoms with Crippen LogP contribution in [-0.2, 0) is 10.0 Å². The molecule has 0 unspecified atom stereocenters. The summed E-state index contributed by atoms with van der Waals surface area (Å²) < 4.78 is 26.3. The number of hydrogen-bond donors (Lipinski definition) is 1. The Hall–Kier alpha value is -0.610. The molecule has 0 aromatic heterocycles. The van der Waals surface area contributed by atoms with Crippen LogP contribution in [0.2, 0.25) is 0 Å². The van der Waals surface area contributed by atoms with E-state index in [1.165, 1.54) is 4.31 Å². The minimum absolute atomic E-state index is 0.0437. The van der Waals surface area contributed by atoms with Crippen LogP contribution in [0.4, 0.5) is 0 Å². The molecule has 1 rings (SSSR count). The Balaban J connectivity index is 3.22. The molecule has 0 spiro atoms. The van der Waals surface area contributed by atoms with Gasteiger partial charge in [0.2, 0.25) is 0 Å². The van der Waals surface area contributed by atoms with Gasteiger partial charge in [0.1, 0.15) is 4.90 Å². The Bertz CT molecular complexity index is 473. The van der Waals surface area contributed by atoms with Crippen molar-refractivity contribution in [1.29, 1.82) is 0 Å². The Kier molecular flexibility index (Phi) is 4.95. The van der Waals surface area contributed by atoms with Crippen molar-refractivity contribution in [3.8, 4) is 0 Å². The highest BCUT2D eigenvalue weighted by atomic mass is 79.9. The Morgan fingerprint density at radius 3 is 2.65 bits per heavy atom. The van der Waals surface area contributed by atoms with Crippen LogP contribution in [0, 0.1) is 12.1 Å². The largest absolute Gasteiger partial charge is 0.395 e. The molecule has 0 heterocycles. The van der Waals surface area contributed by atoms with Crippen LogP contribution in [0.15, 0.2) is 21.5 Å². The van der Waals surface area contributed by atoms with Crippen LogP contribution in [0.5, 0.6) is 0 Å². The molecule has 0 radical (unpaired) electrons. The van der Waals surface area contributed by atoms with Crippen LogP contribution in [-0.4, -0.2) is 37.0 Å². The second-order valence-electron chi connectivity index (χ2n) is 3.71. The molecule has 0 aliphatic carbocycles. The van der Waals surface area contributed by atoms with Crippen molar-refractivity contribution in [1.82, 2.24) is 4.31 Å². The lowest BCUT2D eigenvalue weighted by atomic mass is 10.4. The number of hydrogen-bond acceptors (Lipinski definition) is 3. The summed E-state index contributed by atoms with van der Waals surface area (Å²) >= 11 is 3.18. The fourth-order valence-corrected chi connectivity index (χ4v) is 3.88. The van der Waals surface area contributed by atoms with E-state index in [9.17, 15) is 8.42 Å². The van der Waals surface area contributed by atoms with Crippen molar-refractivity contribution < 1.29 is 13.5 Å². The topological polar surface area (TPSA) is 57.6 Å². The van der Waals surface area contributed by atoms with Crippen LogP contribution in [0.1, 0.15) is 13.8 Å². The Morgan fingerprint density at radius 2 is 2.18 bits per heavy atom. The standard InChI is InChI=1S/C11H14BrNO3S/c1-9(2)13(7-8-14)17(15,16)11-6-4-3-5-10(11)12/h3,5,9,14H,7-8H2,1-2H3. The maximum absolute atomic E-state index is 12.3. The van der Waals surface area contributed by atoms with Crippen molar-refractivity contribution in [2.45, 2.75) is 24.8 Å². The van der Waals surface area contributed by atoms with E-state index < -0.39 is 10.0 Å². The van der Waals surface area contributed by atoms with Gasteiger partial charge in [0.15, 0.2) is 0 Å². The first-order chi connectivity index (χ1) is 7.91. The predicted octanol–water partition coefficient (Wildman–Crippen LogP) is 1.44. The summed E-state index contributed by atoms with van der Waals surface area (Å²) in [5.74, 6) is 0. The van der Waals surface area contributed by atoms with Gasteiger partial charge in [-0.2, -0.15) is 4.31 Å². The van der Waals surface area contributed by atoms with Crippen molar-refractivity contribution in [3.05, 3.63) is 28.7 Å². The van der Waals surface area contributed by atoms with Gasteiger partial charge in [0.05, 0.1) is 6.61 Å². The Morgan fingerprint density at radius 1 is 1.53 bits per heavy atom. The average molecular weight is 320 g/mol. The number of sulfonamides is 1. The lowest BCUT2D eigenvalue weighted by Crippen LogP contribution is -2.39. The highest BCUT2D eigenvalue weighted by Crippen LogP contribution is 2.23. The van der Waals surface area contributed by atoms with Crippen LogP contribution in [0.3, 0.4) is 0 Å². The van der Waals surface area contributed by atoms with E-state index in [-0.39, 0.29) is 24.1 Å². The first kappa shape index (κ1) is 14.5. The van der Waals surface area contributed by atoms with E-state index in [2.05, 4.69) is 28.1 Å². The number of rotatable bonds is 5. The fourth-order valence-electron chi connectivity index (χ4n) is 1.42. The summed E-state index contributed by atoms with van der Waals surface area (Å²) in [6.45, 7) is 3.36. The number of aliphatic hydroxyl groups excluding tert-OH is 1. The Labute approximate surface area is 110 Å². The van der Waals surface area contributed by atoms with Gasteiger partial charge >= 0.3 is 0 Å². The second kappa shape index (κ2) is 5.83. The third-order valence-electron chi connectivity index (χ3n) is 2.18. The van der Waals surface area contributed by atoms with E-state index in [0.29, 0.717) is 4.47 Å². The van der Waals surface area contributed by atoms with Crippen LogP contribution < -0.4 is 0 Å². The van der Waals surface area contributed by atoms with E-state index in [1.54, 1.807) is 26.0 Å². The van der Waals surface area contributed by atoms with E-state index in [0.717, 1.165) is 0 Å². The SMILES string of the molecule is CC(C)N(CCO)S(=O)(=O)c1c#cccc1Br. The summed E-state index contributed by atoms with van der Waals surface area (Å²) in [7, 11) is -3.65. The zero-order chi connectivity index (χ0) is 13.1. The fraction of sp³-hybridized carbons (Fsp3) is 0.455. The van der Waals surface area contributed by atoms with E-state index >= 15 is 0 Å². The summed E-state index contributed by atoms with van der Waals surface area (Å²) in [5.41, 5.74) is 0. The van der Waals surface area contributed by atoms with Crippen LogP contribution in [0.25, 0.3) is 0 Å². The van der Waals surface area contributed by atoms with Gasteiger partial charge in [-0.05, 0) is 48.0 Å². The second-order valence-corrected chi connectivity index (χ2v) is 6.39. The quantitative estimate of drug-likeness (QED) is 0.893. The van der Waals surface area contributed by atoms with Gasteiger partial charge in [-0.3, -0.25) is 0 Å². The smallest absolute Gasteiger partial charge is 0.252 e. The summed E-state index contributed by atoms with van der Waals surface area (Å²) in [4.78, 5) is 0.0437. The molecule has 94 valence electrons.